The van der Waals surface area contributed by atoms with Gasteiger partial charge in [0.15, 0.2) is 0 Å². The van der Waals surface area contributed by atoms with Gasteiger partial charge >= 0.3 is 0 Å². The summed E-state index contributed by atoms with van der Waals surface area (Å²) in [5, 5.41) is 0. The largest absolute Gasteiger partial charge is 0.335 e. The van der Waals surface area contributed by atoms with Crippen LogP contribution >= 0.6 is 0 Å². The summed E-state index contributed by atoms with van der Waals surface area (Å²) >= 11 is 0. The fraction of sp³-hybridized carbons (Fsp3) is 1.00. The molecule has 0 amide bonds. The van der Waals surface area contributed by atoms with Crippen LogP contribution in [0.15, 0.2) is 0 Å². The highest BCUT2D eigenvalue weighted by Gasteiger charge is 2.13. The van der Waals surface area contributed by atoms with E-state index < -0.39 is 0 Å². The van der Waals surface area contributed by atoms with Crippen LogP contribution in [0.4, 0.5) is 0 Å². The van der Waals surface area contributed by atoms with Crippen molar-refractivity contribution in [3.8, 4) is 0 Å². The van der Waals surface area contributed by atoms with Crippen LogP contribution in [-0.2, 0) is 0 Å². The summed E-state index contributed by atoms with van der Waals surface area (Å²) in [6, 6.07) is 0. The zero-order valence-electron chi connectivity index (χ0n) is 7.16. The Balaban J connectivity index is 1.91. The molecule has 0 aromatic heterocycles. The average Bonchev–Trinajstić information content (AvgIpc) is 2.41. The van der Waals surface area contributed by atoms with Gasteiger partial charge in [0.25, 0.3) is 0 Å². The van der Waals surface area contributed by atoms with E-state index in [1.54, 1.807) is 0 Å². The first-order valence-electron chi connectivity index (χ1n) is 4.77. The van der Waals surface area contributed by atoms with Crippen LogP contribution in [0.25, 0.3) is 0 Å². The molecule has 1 nitrogen and oxygen atoms in total. The van der Waals surface area contributed by atoms with Crippen molar-refractivity contribution in [3.63, 3.8) is 0 Å². The molecule has 1 saturated heterocycles. The summed E-state index contributed by atoms with van der Waals surface area (Å²) in [4.78, 5) is 1.86. The van der Waals surface area contributed by atoms with Crippen molar-refractivity contribution in [1.82, 2.24) is 0 Å². The Morgan fingerprint density at radius 1 is 1.10 bits per heavy atom. The van der Waals surface area contributed by atoms with Gasteiger partial charge in [0.05, 0.1) is 19.6 Å². The topological polar surface area (TPSA) is 4.44 Å². The van der Waals surface area contributed by atoms with E-state index in [1.807, 2.05) is 4.90 Å². The lowest BCUT2D eigenvalue weighted by molar-refractivity contribution is -0.887. The Bertz CT molecular complexity index is 74.8. The van der Waals surface area contributed by atoms with Crippen LogP contribution in [0.3, 0.4) is 0 Å². The van der Waals surface area contributed by atoms with Crippen LogP contribution in [-0.4, -0.2) is 19.6 Å². The van der Waals surface area contributed by atoms with Crippen molar-refractivity contribution in [1.29, 1.82) is 0 Å². The maximum Gasteiger partial charge on any atom is 0.0773 e. The lowest BCUT2D eigenvalue weighted by atomic mass is 10.2. The van der Waals surface area contributed by atoms with Crippen LogP contribution in [0, 0.1) is 0 Å². The predicted octanol–water partition coefficient (Wildman–Crippen LogP) is 0.855. The second-order valence-corrected chi connectivity index (χ2v) is 3.41. The van der Waals surface area contributed by atoms with E-state index in [9.17, 15) is 0 Å². The van der Waals surface area contributed by atoms with Gasteiger partial charge in [0.2, 0.25) is 0 Å². The molecule has 0 radical (unpaired) electrons. The molecule has 0 spiro atoms. The summed E-state index contributed by atoms with van der Waals surface area (Å²) in [7, 11) is 0. The molecule has 0 atom stereocenters. The zero-order chi connectivity index (χ0) is 7.23. The van der Waals surface area contributed by atoms with Crippen molar-refractivity contribution >= 4 is 0 Å². The molecule has 1 heterocycles. The Morgan fingerprint density at radius 3 is 2.40 bits per heavy atom. The molecule has 1 N–H and O–H groups in total. The molecular weight excluding hydrogens is 122 g/mol. The molecular formula is C9H20N+. The molecule has 0 unspecified atom stereocenters. The number of hydrogen-bond acceptors (Lipinski definition) is 0. The van der Waals surface area contributed by atoms with Crippen LogP contribution in [0.5, 0.6) is 0 Å². The zero-order valence-corrected chi connectivity index (χ0v) is 7.16. The van der Waals surface area contributed by atoms with Gasteiger partial charge in [-0.2, -0.15) is 0 Å². The molecule has 0 bridgehead atoms. The van der Waals surface area contributed by atoms with Crippen molar-refractivity contribution in [2.24, 2.45) is 0 Å². The standard InChI is InChI=1S/C9H19N/c1-2-3-4-7-10-8-5-6-9-10/h2-9H2,1H3/p+1. The minimum atomic E-state index is 1.37. The van der Waals surface area contributed by atoms with Crippen LogP contribution in [0.1, 0.15) is 39.0 Å². The number of unbranched alkanes of at least 4 members (excludes halogenated alkanes) is 2. The summed E-state index contributed by atoms with van der Waals surface area (Å²) < 4.78 is 0. The van der Waals surface area contributed by atoms with Gasteiger partial charge in [-0.05, 0) is 12.8 Å². The SMILES string of the molecule is CCCCC[NH+]1CCCC1. The van der Waals surface area contributed by atoms with E-state index in [1.165, 1.54) is 51.7 Å². The lowest BCUT2D eigenvalue weighted by Crippen LogP contribution is -3.09. The third-order valence-corrected chi connectivity index (χ3v) is 2.44. The Labute approximate surface area is 64.4 Å². The van der Waals surface area contributed by atoms with Crippen LogP contribution in [0.2, 0.25) is 0 Å². The monoisotopic (exact) mass is 142 g/mol. The predicted molar refractivity (Wildman–Crippen MR) is 44.3 cm³/mol. The third kappa shape index (κ3) is 2.70. The number of likely N-dealkylation sites (tertiary alicyclic amines) is 1. The second-order valence-electron chi connectivity index (χ2n) is 3.41. The van der Waals surface area contributed by atoms with Crippen LogP contribution < -0.4 is 4.90 Å². The highest BCUT2D eigenvalue weighted by atomic mass is 15.1. The van der Waals surface area contributed by atoms with Gasteiger partial charge in [-0.3, -0.25) is 0 Å². The molecule has 60 valence electrons. The van der Waals surface area contributed by atoms with E-state index in [0.717, 1.165) is 0 Å². The smallest absolute Gasteiger partial charge is 0.0773 e. The highest BCUT2D eigenvalue weighted by molar-refractivity contribution is 4.45. The number of rotatable bonds is 4. The van der Waals surface area contributed by atoms with Gasteiger partial charge in [0, 0.05) is 12.8 Å². The third-order valence-electron chi connectivity index (χ3n) is 2.44. The number of quaternary nitrogens is 1. The quantitative estimate of drug-likeness (QED) is 0.555. The minimum absolute atomic E-state index is 1.37. The molecule has 1 fully saturated rings. The first-order valence-corrected chi connectivity index (χ1v) is 4.77. The van der Waals surface area contributed by atoms with E-state index in [4.69, 9.17) is 0 Å². The molecule has 0 aromatic rings. The van der Waals surface area contributed by atoms with Crippen molar-refractivity contribution in [2.75, 3.05) is 19.6 Å². The van der Waals surface area contributed by atoms with E-state index in [2.05, 4.69) is 6.92 Å². The Kier molecular flexibility index (Phi) is 3.81. The average molecular weight is 142 g/mol. The normalized spacial score (nSPS) is 20.1. The summed E-state index contributed by atoms with van der Waals surface area (Å²) in [6.45, 7) is 6.61. The fourth-order valence-electron chi connectivity index (χ4n) is 1.75. The summed E-state index contributed by atoms with van der Waals surface area (Å²) in [5.41, 5.74) is 0. The summed E-state index contributed by atoms with van der Waals surface area (Å²) in [6.07, 6.45) is 7.20. The number of nitrogens with one attached hydrogen (secondary N) is 1. The summed E-state index contributed by atoms with van der Waals surface area (Å²) in [5.74, 6) is 0. The number of hydrogen-bond donors (Lipinski definition) is 1. The van der Waals surface area contributed by atoms with Gasteiger partial charge < -0.3 is 4.90 Å². The Hall–Kier alpha value is -0.0400. The van der Waals surface area contributed by atoms with Gasteiger partial charge in [0.1, 0.15) is 0 Å². The van der Waals surface area contributed by atoms with Crippen molar-refractivity contribution in [2.45, 2.75) is 39.0 Å². The van der Waals surface area contributed by atoms with E-state index >= 15 is 0 Å². The van der Waals surface area contributed by atoms with E-state index in [0.29, 0.717) is 0 Å². The van der Waals surface area contributed by atoms with E-state index in [-0.39, 0.29) is 0 Å². The molecule has 0 saturated carbocycles. The van der Waals surface area contributed by atoms with Crippen molar-refractivity contribution < 1.29 is 4.90 Å². The van der Waals surface area contributed by atoms with Gasteiger partial charge in [-0.15, -0.1) is 0 Å². The maximum atomic E-state index is 2.28. The second kappa shape index (κ2) is 4.73. The molecule has 1 aliphatic heterocycles. The molecule has 0 aliphatic carbocycles. The highest BCUT2D eigenvalue weighted by Crippen LogP contribution is 1.92. The lowest BCUT2D eigenvalue weighted by Gasteiger charge is -2.10. The Morgan fingerprint density at radius 2 is 1.80 bits per heavy atom. The molecule has 10 heavy (non-hydrogen) atoms. The van der Waals surface area contributed by atoms with Gasteiger partial charge in [-0.25, -0.2) is 0 Å². The van der Waals surface area contributed by atoms with Crippen molar-refractivity contribution in [3.05, 3.63) is 0 Å². The first kappa shape index (κ1) is 8.06. The van der Waals surface area contributed by atoms with Gasteiger partial charge in [-0.1, -0.05) is 13.3 Å². The minimum Gasteiger partial charge on any atom is -0.335 e. The maximum absolute atomic E-state index is 2.28. The molecule has 0 aromatic carbocycles. The molecule has 1 aliphatic rings. The molecule has 1 heteroatoms. The molecule has 1 rings (SSSR count). The first-order chi connectivity index (χ1) is 4.93. The fourth-order valence-corrected chi connectivity index (χ4v) is 1.75.